The summed E-state index contributed by atoms with van der Waals surface area (Å²) >= 11 is 0. The van der Waals surface area contributed by atoms with Crippen LogP contribution in [-0.4, -0.2) is 33.7 Å². The molecule has 92 valence electrons. The van der Waals surface area contributed by atoms with Crippen LogP contribution in [-0.2, 0) is 4.79 Å². The number of rotatable bonds is 3. The van der Waals surface area contributed by atoms with E-state index in [-0.39, 0.29) is 17.9 Å². The van der Waals surface area contributed by atoms with E-state index in [2.05, 4.69) is 25.8 Å². The lowest BCUT2D eigenvalue weighted by Gasteiger charge is -2.09. The fourth-order valence-corrected chi connectivity index (χ4v) is 1.84. The Balaban J connectivity index is 1.90. The quantitative estimate of drug-likeness (QED) is 0.800. The minimum Gasteiger partial charge on any atom is -0.313 e. The molecule has 2 N–H and O–H groups in total. The second kappa shape index (κ2) is 5.18. The Morgan fingerprint density at radius 1 is 1.41 bits per heavy atom. The Labute approximate surface area is 100 Å². The van der Waals surface area contributed by atoms with E-state index >= 15 is 0 Å². The predicted molar refractivity (Wildman–Crippen MR) is 63.6 cm³/mol. The molecular formula is C11H17N5O. The standard InChI is InChI=1S/C11H17N5O/c1-7-8(2)15-16-11(13-7)14-10(17)6-9-4-3-5-12-9/h9,12H,3-6H2,1-2H3,(H,13,14,16,17). The van der Waals surface area contributed by atoms with E-state index in [0.717, 1.165) is 30.8 Å². The molecule has 0 spiro atoms. The van der Waals surface area contributed by atoms with Crippen molar-refractivity contribution < 1.29 is 4.79 Å². The molecule has 6 heteroatoms. The smallest absolute Gasteiger partial charge is 0.249 e. The molecule has 1 unspecified atom stereocenters. The summed E-state index contributed by atoms with van der Waals surface area (Å²) < 4.78 is 0. The first-order chi connectivity index (χ1) is 8.15. The van der Waals surface area contributed by atoms with Gasteiger partial charge in [0.25, 0.3) is 0 Å². The molecule has 0 aliphatic carbocycles. The highest BCUT2D eigenvalue weighted by atomic mass is 16.1. The lowest BCUT2D eigenvalue weighted by Crippen LogP contribution is -2.28. The van der Waals surface area contributed by atoms with Crippen molar-refractivity contribution >= 4 is 11.9 Å². The van der Waals surface area contributed by atoms with Crippen LogP contribution in [0.25, 0.3) is 0 Å². The van der Waals surface area contributed by atoms with E-state index in [0.29, 0.717) is 6.42 Å². The largest absolute Gasteiger partial charge is 0.313 e. The SMILES string of the molecule is Cc1nnc(NC(=O)CC2CCCN2)nc1C. The van der Waals surface area contributed by atoms with Crippen LogP contribution in [0.2, 0.25) is 0 Å². The monoisotopic (exact) mass is 235 g/mol. The maximum atomic E-state index is 11.7. The van der Waals surface area contributed by atoms with E-state index in [1.54, 1.807) is 0 Å². The molecule has 0 radical (unpaired) electrons. The van der Waals surface area contributed by atoms with Crippen LogP contribution in [0, 0.1) is 13.8 Å². The second-order valence-electron chi connectivity index (χ2n) is 4.35. The lowest BCUT2D eigenvalue weighted by atomic mass is 10.1. The Bertz CT molecular complexity index is 414. The first-order valence-corrected chi connectivity index (χ1v) is 5.86. The van der Waals surface area contributed by atoms with E-state index in [4.69, 9.17) is 0 Å². The van der Waals surface area contributed by atoms with Crippen molar-refractivity contribution in [1.82, 2.24) is 20.5 Å². The third kappa shape index (κ3) is 3.20. The van der Waals surface area contributed by atoms with Crippen molar-refractivity contribution in [3.05, 3.63) is 11.4 Å². The average molecular weight is 235 g/mol. The first-order valence-electron chi connectivity index (χ1n) is 5.86. The zero-order chi connectivity index (χ0) is 12.3. The molecule has 0 saturated carbocycles. The normalized spacial score (nSPS) is 19.3. The van der Waals surface area contributed by atoms with Gasteiger partial charge in [0.15, 0.2) is 0 Å². The number of carbonyl (C=O) groups is 1. The highest BCUT2D eigenvalue weighted by Gasteiger charge is 2.18. The maximum absolute atomic E-state index is 11.7. The van der Waals surface area contributed by atoms with Crippen LogP contribution in [0.4, 0.5) is 5.95 Å². The lowest BCUT2D eigenvalue weighted by molar-refractivity contribution is -0.116. The number of nitrogens with zero attached hydrogens (tertiary/aromatic N) is 3. The van der Waals surface area contributed by atoms with Gasteiger partial charge in [-0.2, -0.15) is 5.10 Å². The molecule has 1 aromatic heterocycles. The number of carbonyl (C=O) groups excluding carboxylic acids is 1. The summed E-state index contributed by atoms with van der Waals surface area (Å²) in [6, 6.07) is 0.287. The van der Waals surface area contributed by atoms with Gasteiger partial charge in [0.2, 0.25) is 11.9 Å². The Hall–Kier alpha value is -1.56. The van der Waals surface area contributed by atoms with Gasteiger partial charge in [-0.25, -0.2) is 4.98 Å². The van der Waals surface area contributed by atoms with Crippen LogP contribution >= 0.6 is 0 Å². The first kappa shape index (κ1) is 11.9. The topological polar surface area (TPSA) is 79.8 Å². The van der Waals surface area contributed by atoms with E-state index in [9.17, 15) is 4.79 Å². The summed E-state index contributed by atoms with van der Waals surface area (Å²) in [6.45, 7) is 4.68. The second-order valence-corrected chi connectivity index (χ2v) is 4.35. The van der Waals surface area contributed by atoms with Gasteiger partial charge in [-0.15, -0.1) is 5.10 Å². The average Bonchev–Trinajstić information content (AvgIpc) is 2.76. The van der Waals surface area contributed by atoms with Gasteiger partial charge in [0.05, 0.1) is 11.4 Å². The molecule has 2 heterocycles. The van der Waals surface area contributed by atoms with E-state index in [1.807, 2.05) is 13.8 Å². The highest BCUT2D eigenvalue weighted by molar-refractivity contribution is 5.89. The number of amides is 1. The Morgan fingerprint density at radius 2 is 2.24 bits per heavy atom. The maximum Gasteiger partial charge on any atom is 0.249 e. The van der Waals surface area contributed by atoms with Crippen molar-refractivity contribution in [2.45, 2.75) is 39.2 Å². The van der Waals surface area contributed by atoms with Gasteiger partial charge >= 0.3 is 0 Å². The molecule has 1 aliphatic rings. The molecule has 0 aromatic carbocycles. The minimum absolute atomic E-state index is 0.0607. The summed E-state index contributed by atoms with van der Waals surface area (Å²) in [5, 5.41) is 13.7. The number of nitrogens with one attached hydrogen (secondary N) is 2. The molecule has 2 rings (SSSR count). The summed E-state index contributed by atoms with van der Waals surface area (Å²) in [6.07, 6.45) is 2.66. The minimum atomic E-state index is -0.0607. The van der Waals surface area contributed by atoms with Crippen molar-refractivity contribution in [3.8, 4) is 0 Å². The van der Waals surface area contributed by atoms with Gasteiger partial charge in [-0.3, -0.25) is 10.1 Å². The van der Waals surface area contributed by atoms with Gasteiger partial charge in [0.1, 0.15) is 0 Å². The number of aryl methyl sites for hydroxylation is 2. The molecule has 1 atom stereocenters. The number of hydrogen-bond acceptors (Lipinski definition) is 5. The zero-order valence-corrected chi connectivity index (χ0v) is 10.2. The van der Waals surface area contributed by atoms with Crippen LogP contribution in [0.15, 0.2) is 0 Å². The van der Waals surface area contributed by atoms with Crippen molar-refractivity contribution in [3.63, 3.8) is 0 Å². The molecule has 1 saturated heterocycles. The molecular weight excluding hydrogens is 218 g/mol. The van der Waals surface area contributed by atoms with Crippen LogP contribution in [0.3, 0.4) is 0 Å². The number of hydrogen-bond donors (Lipinski definition) is 2. The fraction of sp³-hybridized carbons (Fsp3) is 0.636. The zero-order valence-electron chi connectivity index (χ0n) is 10.2. The van der Waals surface area contributed by atoms with Crippen molar-refractivity contribution in [1.29, 1.82) is 0 Å². The molecule has 6 nitrogen and oxygen atoms in total. The van der Waals surface area contributed by atoms with Crippen LogP contribution in [0.1, 0.15) is 30.7 Å². The summed E-state index contributed by atoms with van der Waals surface area (Å²) in [5.41, 5.74) is 1.56. The molecule has 1 aromatic rings. The van der Waals surface area contributed by atoms with Gasteiger partial charge in [-0.1, -0.05) is 0 Å². The Morgan fingerprint density at radius 3 is 2.88 bits per heavy atom. The van der Waals surface area contributed by atoms with Gasteiger partial charge in [-0.05, 0) is 33.2 Å². The van der Waals surface area contributed by atoms with Crippen LogP contribution in [0.5, 0.6) is 0 Å². The number of anilines is 1. The van der Waals surface area contributed by atoms with E-state index in [1.165, 1.54) is 0 Å². The highest BCUT2D eigenvalue weighted by Crippen LogP contribution is 2.10. The van der Waals surface area contributed by atoms with E-state index < -0.39 is 0 Å². The van der Waals surface area contributed by atoms with Crippen LogP contribution < -0.4 is 10.6 Å². The summed E-state index contributed by atoms with van der Waals surface area (Å²) in [5.74, 6) is 0.227. The summed E-state index contributed by atoms with van der Waals surface area (Å²) in [4.78, 5) is 15.9. The molecule has 17 heavy (non-hydrogen) atoms. The molecule has 1 fully saturated rings. The molecule has 1 amide bonds. The predicted octanol–water partition coefficient (Wildman–Crippen LogP) is 0.569. The third-order valence-corrected chi connectivity index (χ3v) is 2.94. The van der Waals surface area contributed by atoms with Crippen molar-refractivity contribution in [2.24, 2.45) is 0 Å². The van der Waals surface area contributed by atoms with Gasteiger partial charge < -0.3 is 5.32 Å². The fourth-order valence-electron chi connectivity index (χ4n) is 1.84. The van der Waals surface area contributed by atoms with Crippen molar-refractivity contribution in [2.75, 3.05) is 11.9 Å². The molecule has 0 bridgehead atoms. The number of aromatic nitrogens is 3. The Kier molecular flexibility index (Phi) is 3.63. The third-order valence-electron chi connectivity index (χ3n) is 2.94. The molecule has 1 aliphatic heterocycles. The van der Waals surface area contributed by atoms with Gasteiger partial charge in [0, 0.05) is 12.5 Å². The summed E-state index contributed by atoms with van der Waals surface area (Å²) in [7, 11) is 0.